The van der Waals surface area contributed by atoms with Crippen molar-refractivity contribution < 1.29 is 5.11 Å². The number of para-hydroxylation sites is 1. The first-order valence-electron chi connectivity index (χ1n) is 12.1. The number of hydrogen-bond donors (Lipinski definition) is 2. The molecule has 0 aliphatic rings. The molecule has 0 bridgehead atoms. The van der Waals surface area contributed by atoms with E-state index in [0.717, 1.165) is 27.8 Å². The molecule has 0 atom stereocenters. The van der Waals surface area contributed by atoms with Crippen LogP contribution in [0.4, 0.5) is 0 Å². The average Bonchev–Trinajstić information content (AvgIpc) is 2.79. The van der Waals surface area contributed by atoms with Crippen LogP contribution in [0.25, 0.3) is 10.9 Å². The van der Waals surface area contributed by atoms with Crippen LogP contribution in [0.15, 0.2) is 71.5 Å². The van der Waals surface area contributed by atoms with Crippen LogP contribution in [-0.2, 0) is 23.9 Å². The van der Waals surface area contributed by atoms with Crippen molar-refractivity contribution in [3.8, 4) is 5.75 Å². The lowest BCUT2D eigenvalue weighted by Gasteiger charge is -2.28. The zero-order valence-corrected chi connectivity index (χ0v) is 21.5. The smallest absolute Gasteiger partial charge is 0.263 e. The molecule has 0 aliphatic heterocycles. The van der Waals surface area contributed by atoms with E-state index < -0.39 is 0 Å². The monoisotopic (exact) mass is 469 g/mol. The summed E-state index contributed by atoms with van der Waals surface area (Å²) in [5.74, 6) is 0.310. The Bertz CT molecular complexity index is 1460. The molecule has 0 fully saturated rings. The van der Waals surface area contributed by atoms with E-state index in [4.69, 9.17) is 5.41 Å². The summed E-state index contributed by atoms with van der Waals surface area (Å²) in [6, 6.07) is 21.4. The molecule has 5 nitrogen and oxygen atoms in total. The van der Waals surface area contributed by atoms with Crippen molar-refractivity contribution >= 4 is 10.9 Å². The minimum Gasteiger partial charge on any atom is -0.507 e. The first-order chi connectivity index (χ1) is 16.4. The summed E-state index contributed by atoms with van der Waals surface area (Å²) in [7, 11) is 0. The summed E-state index contributed by atoms with van der Waals surface area (Å²) in [6.07, 6.45) is 0. The van der Waals surface area contributed by atoms with Gasteiger partial charge in [-0.05, 0) is 57.3 Å². The number of benzene rings is 3. The highest BCUT2D eigenvalue weighted by Crippen LogP contribution is 2.39. The number of hydrogen-bond acceptors (Lipinski definition) is 3. The molecule has 35 heavy (non-hydrogen) atoms. The van der Waals surface area contributed by atoms with E-state index in [9.17, 15) is 9.90 Å². The Morgan fingerprint density at radius 1 is 0.743 bits per heavy atom. The van der Waals surface area contributed by atoms with Gasteiger partial charge in [-0.3, -0.25) is 14.8 Å². The van der Waals surface area contributed by atoms with Crippen molar-refractivity contribution in [3.05, 3.63) is 105 Å². The maximum absolute atomic E-state index is 13.6. The van der Waals surface area contributed by atoms with Crippen molar-refractivity contribution in [2.75, 3.05) is 0 Å². The number of nitrogens with zero attached hydrogens (tertiary/aromatic N) is 2. The first kappa shape index (κ1) is 24.5. The molecule has 0 saturated heterocycles. The lowest BCUT2D eigenvalue weighted by atomic mass is 9.78. The minimum absolute atomic E-state index is 0.153. The van der Waals surface area contributed by atoms with Gasteiger partial charge in [0.2, 0.25) is 5.62 Å². The largest absolute Gasteiger partial charge is 0.507 e. The fourth-order valence-corrected chi connectivity index (χ4v) is 4.58. The zero-order chi connectivity index (χ0) is 25.5. The summed E-state index contributed by atoms with van der Waals surface area (Å²) in [5, 5.41) is 20.7. The molecular weight excluding hydrogens is 434 g/mol. The van der Waals surface area contributed by atoms with Crippen LogP contribution in [0, 0.1) is 5.41 Å². The van der Waals surface area contributed by atoms with Gasteiger partial charge in [0.1, 0.15) is 5.75 Å². The van der Waals surface area contributed by atoms with Gasteiger partial charge in [-0.15, -0.1) is 0 Å². The Hall–Kier alpha value is -3.60. The van der Waals surface area contributed by atoms with Gasteiger partial charge in [0, 0.05) is 0 Å². The highest BCUT2D eigenvalue weighted by Gasteiger charge is 2.27. The van der Waals surface area contributed by atoms with Crippen LogP contribution in [0.5, 0.6) is 5.75 Å². The predicted octanol–water partition coefficient (Wildman–Crippen LogP) is 5.68. The third kappa shape index (κ3) is 4.81. The third-order valence-corrected chi connectivity index (χ3v) is 6.49. The quantitative estimate of drug-likeness (QED) is 0.404. The Kier molecular flexibility index (Phi) is 6.22. The number of aromatic nitrogens is 2. The molecule has 4 aromatic rings. The third-order valence-electron chi connectivity index (χ3n) is 6.49. The molecule has 3 aromatic carbocycles. The molecule has 182 valence electrons. The Morgan fingerprint density at radius 2 is 1.26 bits per heavy atom. The molecular formula is C30H35N3O2. The van der Waals surface area contributed by atoms with Gasteiger partial charge in [0.05, 0.1) is 24.0 Å². The fourth-order valence-electron chi connectivity index (χ4n) is 4.58. The summed E-state index contributed by atoms with van der Waals surface area (Å²) in [6.45, 7) is 13.2. The Balaban J connectivity index is 1.94. The number of fused-ring (bicyclic) bond motifs is 1. The number of nitrogens with one attached hydrogen (secondary N) is 1. The zero-order valence-electron chi connectivity index (χ0n) is 21.5. The standard InChI is InChI=1S/C30H35N3O2/c1-29(2,3)23-16-21(17-24(26(23)34)30(4,5)6)19-33-27(35)22-14-10-11-15-25(22)32(28(33)31)18-20-12-8-7-9-13-20/h7-17,31,34H,18-19H2,1-6H3. The van der Waals surface area contributed by atoms with Crippen molar-refractivity contribution in [2.45, 2.75) is 65.5 Å². The van der Waals surface area contributed by atoms with E-state index in [0.29, 0.717) is 17.7 Å². The van der Waals surface area contributed by atoms with Crippen molar-refractivity contribution in [2.24, 2.45) is 0 Å². The molecule has 5 heteroatoms. The normalized spacial score (nSPS) is 12.3. The number of rotatable bonds is 4. The van der Waals surface area contributed by atoms with Crippen LogP contribution in [0.3, 0.4) is 0 Å². The maximum atomic E-state index is 13.6. The van der Waals surface area contributed by atoms with Gasteiger partial charge in [-0.25, -0.2) is 0 Å². The molecule has 2 N–H and O–H groups in total. The number of aromatic hydroxyl groups is 1. The van der Waals surface area contributed by atoms with Crippen molar-refractivity contribution in [1.82, 2.24) is 9.13 Å². The average molecular weight is 470 g/mol. The molecule has 0 amide bonds. The van der Waals surface area contributed by atoms with Gasteiger partial charge < -0.3 is 9.67 Å². The molecule has 0 aliphatic carbocycles. The highest BCUT2D eigenvalue weighted by atomic mass is 16.3. The van der Waals surface area contributed by atoms with Crippen LogP contribution in [-0.4, -0.2) is 14.2 Å². The highest BCUT2D eigenvalue weighted by molar-refractivity contribution is 5.77. The van der Waals surface area contributed by atoms with Crippen LogP contribution in [0.2, 0.25) is 0 Å². The van der Waals surface area contributed by atoms with E-state index in [-0.39, 0.29) is 28.6 Å². The van der Waals surface area contributed by atoms with Gasteiger partial charge in [0.25, 0.3) is 5.56 Å². The molecule has 0 unspecified atom stereocenters. The van der Waals surface area contributed by atoms with E-state index in [1.807, 2.05) is 71.3 Å². The van der Waals surface area contributed by atoms with Crippen LogP contribution in [0.1, 0.15) is 63.8 Å². The molecule has 4 rings (SSSR count). The molecule has 0 saturated carbocycles. The molecule has 0 radical (unpaired) electrons. The Labute approximate surface area is 206 Å². The van der Waals surface area contributed by atoms with E-state index >= 15 is 0 Å². The minimum atomic E-state index is -0.272. The predicted molar refractivity (Wildman–Crippen MR) is 142 cm³/mol. The summed E-state index contributed by atoms with van der Waals surface area (Å²) in [5.41, 5.74) is 3.83. The topological polar surface area (TPSA) is 71.0 Å². The van der Waals surface area contributed by atoms with Gasteiger partial charge in [-0.2, -0.15) is 0 Å². The summed E-state index contributed by atoms with van der Waals surface area (Å²) < 4.78 is 3.43. The van der Waals surface area contributed by atoms with Gasteiger partial charge in [0.15, 0.2) is 0 Å². The van der Waals surface area contributed by atoms with E-state index in [2.05, 4.69) is 41.5 Å². The second kappa shape index (κ2) is 8.88. The van der Waals surface area contributed by atoms with E-state index in [1.54, 1.807) is 0 Å². The van der Waals surface area contributed by atoms with E-state index in [1.165, 1.54) is 4.57 Å². The maximum Gasteiger partial charge on any atom is 0.263 e. The van der Waals surface area contributed by atoms with Crippen LogP contribution < -0.4 is 11.2 Å². The molecule has 1 heterocycles. The second-order valence-electron chi connectivity index (χ2n) is 11.3. The second-order valence-corrected chi connectivity index (χ2v) is 11.3. The molecule has 1 aromatic heterocycles. The SMILES string of the molecule is CC(C)(C)c1cc(Cn2c(=O)c3ccccc3n(Cc3ccccc3)c2=N)cc(C(C)(C)C)c1O. The fraction of sp³-hybridized carbons (Fsp3) is 0.333. The van der Waals surface area contributed by atoms with Crippen molar-refractivity contribution in [1.29, 1.82) is 5.41 Å². The van der Waals surface area contributed by atoms with Crippen LogP contribution >= 0.6 is 0 Å². The van der Waals surface area contributed by atoms with Crippen molar-refractivity contribution in [3.63, 3.8) is 0 Å². The number of phenols is 1. The summed E-state index contributed by atoms with van der Waals surface area (Å²) >= 11 is 0. The number of phenolic OH excluding ortho intramolecular Hbond substituents is 1. The van der Waals surface area contributed by atoms with Gasteiger partial charge in [-0.1, -0.05) is 84.0 Å². The lowest BCUT2D eigenvalue weighted by molar-refractivity contribution is 0.422. The first-order valence-corrected chi connectivity index (χ1v) is 12.1. The van der Waals surface area contributed by atoms with Gasteiger partial charge >= 0.3 is 0 Å². The Morgan fingerprint density at radius 3 is 1.83 bits per heavy atom. The lowest BCUT2D eigenvalue weighted by Crippen LogP contribution is -2.40. The molecule has 0 spiro atoms. The summed E-state index contributed by atoms with van der Waals surface area (Å²) in [4.78, 5) is 13.6.